The van der Waals surface area contributed by atoms with E-state index in [-0.39, 0.29) is 24.8 Å². The second-order valence-corrected chi connectivity index (χ2v) is 8.26. The summed E-state index contributed by atoms with van der Waals surface area (Å²) in [6, 6.07) is 16.4. The molecule has 8 heteroatoms. The van der Waals surface area contributed by atoms with Crippen LogP contribution in [0.4, 0.5) is 5.69 Å². The topological polar surface area (TPSA) is 142 Å². The van der Waals surface area contributed by atoms with Gasteiger partial charge in [0, 0.05) is 17.7 Å². The number of primary amides is 1. The van der Waals surface area contributed by atoms with E-state index in [4.69, 9.17) is 15.6 Å². The molecule has 0 saturated carbocycles. The van der Waals surface area contributed by atoms with Crippen molar-refractivity contribution in [2.45, 2.75) is 32.8 Å². The molecule has 0 aliphatic heterocycles. The fraction of sp³-hybridized carbons (Fsp3) is 0.259. The Morgan fingerprint density at radius 2 is 1.77 bits per heavy atom. The number of aromatic hydroxyl groups is 1. The maximum absolute atomic E-state index is 10.9. The van der Waals surface area contributed by atoms with Crippen LogP contribution >= 0.6 is 0 Å². The SMILES string of the molecule is Cc1cc(-c2ccc(-c3cccc(OCCCCC(N)=O)c3)cc2O)c(CO)cc1NCC(=O)O. The number of nitrogens with two attached hydrogens (primary N) is 1. The zero-order valence-electron chi connectivity index (χ0n) is 19.6. The molecule has 0 aliphatic rings. The van der Waals surface area contributed by atoms with Crippen molar-refractivity contribution >= 4 is 17.6 Å². The van der Waals surface area contributed by atoms with Gasteiger partial charge in [0.05, 0.1) is 13.2 Å². The van der Waals surface area contributed by atoms with Gasteiger partial charge in [-0.2, -0.15) is 0 Å². The molecule has 8 nitrogen and oxygen atoms in total. The highest BCUT2D eigenvalue weighted by molar-refractivity contribution is 5.81. The lowest BCUT2D eigenvalue weighted by atomic mass is 9.94. The lowest BCUT2D eigenvalue weighted by Crippen LogP contribution is -2.13. The van der Waals surface area contributed by atoms with Crippen molar-refractivity contribution in [3.8, 4) is 33.8 Å². The molecule has 0 aromatic heterocycles. The molecule has 0 aliphatic carbocycles. The number of hydrogen-bond acceptors (Lipinski definition) is 6. The van der Waals surface area contributed by atoms with Gasteiger partial charge in [-0.3, -0.25) is 9.59 Å². The van der Waals surface area contributed by atoms with Gasteiger partial charge in [-0.05, 0) is 77.9 Å². The number of carboxylic acid groups (broad SMARTS) is 1. The second kappa shape index (κ2) is 11.9. The van der Waals surface area contributed by atoms with Gasteiger partial charge in [0.25, 0.3) is 0 Å². The summed E-state index contributed by atoms with van der Waals surface area (Å²) in [5.41, 5.74) is 10.0. The van der Waals surface area contributed by atoms with E-state index in [9.17, 15) is 19.8 Å². The van der Waals surface area contributed by atoms with E-state index in [1.165, 1.54) is 0 Å². The molecule has 0 atom stereocenters. The number of anilines is 1. The molecule has 184 valence electrons. The Balaban J connectivity index is 1.80. The van der Waals surface area contributed by atoms with Crippen LogP contribution in [0, 0.1) is 6.92 Å². The molecule has 0 heterocycles. The van der Waals surface area contributed by atoms with Crippen molar-refractivity contribution in [3.05, 3.63) is 65.7 Å². The number of aliphatic hydroxyl groups excluding tert-OH is 1. The largest absolute Gasteiger partial charge is 0.507 e. The number of aliphatic carboxylic acids is 1. The molecule has 3 aromatic rings. The van der Waals surface area contributed by atoms with Crippen LogP contribution < -0.4 is 15.8 Å². The minimum Gasteiger partial charge on any atom is -0.507 e. The molecule has 0 unspecified atom stereocenters. The fourth-order valence-electron chi connectivity index (χ4n) is 3.79. The van der Waals surface area contributed by atoms with E-state index in [2.05, 4.69) is 5.32 Å². The highest BCUT2D eigenvalue weighted by atomic mass is 16.5. The Kier molecular flexibility index (Phi) is 8.69. The van der Waals surface area contributed by atoms with Crippen LogP contribution in [0.5, 0.6) is 11.5 Å². The van der Waals surface area contributed by atoms with Gasteiger partial charge in [0.1, 0.15) is 18.0 Å². The third kappa shape index (κ3) is 6.97. The molecule has 6 N–H and O–H groups in total. The summed E-state index contributed by atoms with van der Waals surface area (Å²) in [6.45, 7) is 1.81. The maximum atomic E-state index is 10.9. The van der Waals surface area contributed by atoms with Crippen LogP contribution in [0.3, 0.4) is 0 Å². The van der Waals surface area contributed by atoms with E-state index in [1.807, 2.05) is 43.3 Å². The maximum Gasteiger partial charge on any atom is 0.322 e. The first-order valence-electron chi connectivity index (χ1n) is 11.3. The molecule has 0 fully saturated rings. The summed E-state index contributed by atoms with van der Waals surface area (Å²) in [5.74, 6) is -0.555. The van der Waals surface area contributed by atoms with Gasteiger partial charge in [-0.25, -0.2) is 0 Å². The lowest BCUT2D eigenvalue weighted by Gasteiger charge is -2.16. The van der Waals surface area contributed by atoms with Crippen LogP contribution in [-0.2, 0) is 16.2 Å². The van der Waals surface area contributed by atoms with Crippen molar-refractivity contribution in [2.24, 2.45) is 5.73 Å². The van der Waals surface area contributed by atoms with E-state index in [0.717, 1.165) is 23.1 Å². The Morgan fingerprint density at radius 3 is 2.46 bits per heavy atom. The number of aliphatic hydroxyl groups is 1. The lowest BCUT2D eigenvalue weighted by molar-refractivity contribution is -0.135. The van der Waals surface area contributed by atoms with E-state index < -0.39 is 5.97 Å². The Morgan fingerprint density at radius 1 is 1.00 bits per heavy atom. The number of unbranched alkanes of at least 4 members (excludes halogenated alkanes) is 1. The first-order valence-corrected chi connectivity index (χ1v) is 11.3. The van der Waals surface area contributed by atoms with Crippen LogP contribution in [0.15, 0.2) is 54.6 Å². The first kappa shape index (κ1) is 25.6. The molecule has 0 spiro atoms. The fourth-order valence-corrected chi connectivity index (χ4v) is 3.79. The molecular weight excluding hydrogens is 448 g/mol. The first-order chi connectivity index (χ1) is 16.8. The summed E-state index contributed by atoms with van der Waals surface area (Å²) in [4.78, 5) is 21.7. The highest BCUT2D eigenvalue weighted by Gasteiger charge is 2.14. The summed E-state index contributed by atoms with van der Waals surface area (Å²) < 4.78 is 5.78. The van der Waals surface area contributed by atoms with Gasteiger partial charge >= 0.3 is 5.97 Å². The summed E-state index contributed by atoms with van der Waals surface area (Å²) in [6.07, 6.45) is 1.74. The monoisotopic (exact) mass is 478 g/mol. The quantitative estimate of drug-likeness (QED) is 0.247. The number of benzene rings is 3. The number of nitrogens with one attached hydrogen (secondary N) is 1. The molecule has 1 amide bonds. The number of phenolic OH excluding ortho intramolecular Hbond substituents is 1. The average Bonchev–Trinajstić information content (AvgIpc) is 2.83. The van der Waals surface area contributed by atoms with E-state index in [0.29, 0.717) is 47.6 Å². The number of ether oxygens (including phenoxy) is 1. The number of carboxylic acids is 1. The summed E-state index contributed by atoms with van der Waals surface area (Å²) >= 11 is 0. The van der Waals surface area contributed by atoms with Gasteiger partial charge < -0.3 is 31.1 Å². The smallest absolute Gasteiger partial charge is 0.322 e. The third-order valence-corrected chi connectivity index (χ3v) is 5.59. The molecule has 3 aromatic carbocycles. The van der Waals surface area contributed by atoms with Gasteiger partial charge in [-0.15, -0.1) is 0 Å². The van der Waals surface area contributed by atoms with Gasteiger partial charge in [0.2, 0.25) is 5.91 Å². The van der Waals surface area contributed by atoms with Crippen molar-refractivity contribution in [2.75, 3.05) is 18.5 Å². The molecule has 0 bridgehead atoms. The number of carbonyl (C=O) groups is 2. The molecule has 0 saturated heterocycles. The summed E-state index contributed by atoms with van der Waals surface area (Å²) in [5, 5.41) is 32.5. The zero-order chi connectivity index (χ0) is 25.4. The normalized spacial score (nSPS) is 10.7. The van der Waals surface area contributed by atoms with Crippen LogP contribution in [-0.4, -0.2) is 40.3 Å². The number of rotatable bonds is 12. The van der Waals surface area contributed by atoms with Crippen LogP contribution in [0.25, 0.3) is 22.3 Å². The molecular formula is C27H30N2O6. The standard InChI is InChI=1S/C27H30N2O6/c1-17-11-23(20(16-30)13-24(17)29-15-27(33)34)22-9-8-19(14-25(22)31)18-5-4-6-21(12-18)35-10-3-2-7-26(28)32/h4-6,8-9,11-14,29-31H,2-3,7,10,15-16H2,1H3,(H2,28,32)(H,33,34). The third-order valence-electron chi connectivity index (χ3n) is 5.59. The Bertz CT molecular complexity index is 1210. The second-order valence-electron chi connectivity index (χ2n) is 8.26. The van der Waals surface area contributed by atoms with Crippen molar-refractivity contribution in [1.82, 2.24) is 0 Å². The van der Waals surface area contributed by atoms with Crippen molar-refractivity contribution < 1.29 is 29.6 Å². The average molecular weight is 479 g/mol. The zero-order valence-corrected chi connectivity index (χ0v) is 19.6. The predicted octanol–water partition coefficient (Wildman–Crippen LogP) is 4.06. The molecule has 0 radical (unpaired) electrons. The van der Waals surface area contributed by atoms with Crippen LogP contribution in [0.1, 0.15) is 30.4 Å². The molecule has 35 heavy (non-hydrogen) atoms. The minimum absolute atomic E-state index is 0.0561. The Hall–Kier alpha value is -4.04. The minimum atomic E-state index is -0.982. The number of carbonyl (C=O) groups excluding carboxylic acids is 1. The highest BCUT2D eigenvalue weighted by Crippen LogP contribution is 2.37. The number of aryl methyl sites for hydroxylation is 1. The van der Waals surface area contributed by atoms with E-state index in [1.54, 1.807) is 18.2 Å². The van der Waals surface area contributed by atoms with Gasteiger partial charge in [-0.1, -0.05) is 24.3 Å². The number of phenols is 1. The summed E-state index contributed by atoms with van der Waals surface area (Å²) in [7, 11) is 0. The number of hydrogen-bond donors (Lipinski definition) is 5. The molecule has 3 rings (SSSR count). The van der Waals surface area contributed by atoms with E-state index >= 15 is 0 Å². The Labute approximate surface area is 204 Å². The van der Waals surface area contributed by atoms with Gasteiger partial charge in [0.15, 0.2) is 0 Å². The predicted molar refractivity (Wildman–Crippen MR) is 134 cm³/mol. The van der Waals surface area contributed by atoms with Crippen LogP contribution in [0.2, 0.25) is 0 Å². The number of amides is 1. The van der Waals surface area contributed by atoms with Crippen molar-refractivity contribution in [1.29, 1.82) is 0 Å². The van der Waals surface area contributed by atoms with Crippen molar-refractivity contribution in [3.63, 3.8) is 0 Å².